The molecule has 3 N–H and O–H groups in total. The fraction of sp³-hybridized carbons (Fsp3) is 0.806. The van der Waals surface area contributed by atoms with Crippen LogP contribution in [0.2, 0.25) is 0 Å². The molecule has 0 saturated heterocycles. The number of hydrogen-bond donors (Lipinski definition) is 3. The van der Waals surface area contributed by atoms with E-state index in [9.17, 15) is 19.4 Å². The lowest BCUT2D eigenvalue weighted by atomic mass is 10.1. The molecule has 0 aliphatic carbocycles. The van der Waals surface area contributed by atoms with Crippen LogP contribution in [0.15, 0.2) is 36.5 Å². The van der Waals surface area contributed by atoms with Gasteiger partial charge in [0.2, 0.25) is 0 Å². The molecule has 0 fully saturated rings. The van der Waals surface area contributed by atoms with E-state index in [1.54, 1.807) is 0 Å². The highest BCUT2D eigenvalue weighted by molar-refractivity contribution is 7.47. The number of phosphoric ester groups is 1. The predicted octanol–water partition coefficient (Wildman–Crippen LogP) is 8.91. The standard InChI is InChI=1S/C36H67O9P/c1-3-5-7-9-11-13-15-16-17-19-21-23-25-27-29-42-32-35(33-44-46(40,41)43-31-34(38)30-37)45-36(39)28-26-24-22-20-18-14-12-10-8-6-4-2/h5,7,11,13,16-17,34-35,37-38H,3-4,6,8-10,12,14-15,18-33H2,1-2H3,(H,40,41)/b7-5-,13-11-,17-16-. The molecule has 0 aliphatic rings. The highest BCUT2D eigenvalue weighted by Crippen LogP contribution is 2.43. The number of aliphatic hydroxyl groups is 2. The lowest BCUT2D eigenvalue weighted by Gasteiger charge is -2.20. The third kappa shape index (κ3) is 32.6. The fourth-order valence-electron chi connectivity index (χ4n) is 4.60. The molecule has 0 bridgehead atoms. The van der Waals surface area contributed by atoms with Crippen LogP contribution >= 0.6 is 7.82 Å². The van der Waals surface area contributed by atoms with Crippen LogP contribution in [0.4, 0.5) is 0 Å². The Morgan fingerprint density at radius 2 is 1.24 bits per heavy atom. The molecule has 0 amide bonds. The number of esters is 1. The van der Waals surface area contributed by atoms with Gasteiger partial charge in [-0.05, 0) is 44.9 Å². The van der Waals surface area contributed by atoms with Gasteiger partial charge in [-0.1, -0.05) is 127 Å². The van der Waals surface area contributed by atoms with E-state index in [2.05, 4.69) is 50.3 Å². The molecule has 0 heterocycles. The Hall–Kier alpha value is -1.32. The molecule has 0 saturated carbocycles. The van der Waals surface area contributed by atoms with E-state index in [0.717, 1.165) is 70.6 Å². The average Bonchev–Trinajstić information content (AvgIpc) is 3.04. The van der Waals surface area contributed by atoms with Gasteiger partial charge in [-0.2, -0.15) is 0 Å². The van der Waals surface area contributed by atoms with Crippen molar-refractivity contribution in [1.82, 2.24) is 0 Å². The summed E-state index contributed by atoms with van der Waals surface area (Å²) in [5.74, 6) is -0.394. The topological polar surface area (TPSA) is 132 Å². The Bertz CT molecular complexity index is 815. The molecule has 10 heteroatoms. The van der Waals surface area contributed by atoms with Gasteiger partial charge in [-0.25, -0.2) is 4.57 Å². The van der Waals surface area contributed by atoms with Crippen molar-refractivity contribution < 1.29 is 43.0 Å². The number of ether oxygens (including phenoxy) is 2. The average molecular weight is 675 g/mol. The summed E-state index contributed by atoms with van der Waals surface area (Å²) >= 11 is 0. The summed E-state index contributed by atoms with van der Waals surface area (Å²) in [7, 11) is -4.51. The van der Waals surface area contributed by atoms with Gasteiger partial charge in [0.25, 0.3) is 0 Å². The first-order valence-electron chi connectivity index (χ1n) is 18.0. The number of allylic oxidation sites excluding steroid dienone is 6. The normalized spacial score (nSPS) is 14.8. The van der Waals surface area contributed by atoms with Crippen LogP contribution in [0, 0.1) is 0 Å². The maximum atomic E-state index is 12.5. The zero-order valence-electron chi connectivity index (χ0n) is 29.0. The number of hydrogen-bond acceptors (Lipinski definition) is 8. The molecule has 270 valence electrons. The summed E-state index contributed by atoms with van der Waals surface area (Å²) in [4.78, 5) is 22.4. The Kier molecular flexibility index (Phi) is 32.6. The van der Waals surface area contributed by atoms with Crippen molar-refractivity contribution in [2.24, 2.45) is 0 Å². The summed E-state index contributed by atoms with van der Waals surface area (Å²) < 4.78 is 33.1. The number of rotatable bonds is 34. The largest absolute Gasteiger partial charge is 0.472 e. The van der Waals surface area contributed by atoms with E-state index in [1.807, 2.05) is 0 Å². The summed E-state index contributed by atoms with van der Waals surface area (Å²) in [6.45, 7) is 3.32. The third-order valence-electron chi connectivity index (χ3n) is 7.34. The monoisotopic (exact) mass is 674 g/mol. The van der Waals surface area contributed by atoms with Crippen LogP contribution in [-0.4, -0.2) is 66.3 Å². The van der Waals surface area contributed by atoms with E-state index in [0.29, 0.717) is 6.61 Å². The molecule has 3 atom stereocenters. The van der Waals surface area contributed by atoms with Crippen LogP contribution < -0.4 is 0 Å². The summed E-state index contributed by atoms with van der Waals surface area (Å²) in [5.41, 5.74) is 0. The maximum Gasteiger partial charge on any atom is 0.472 e. The lowest BCUT2D eigenvalue weighted by Crippen LogP contribution is -2.29. The predicted molar refractivity (Wildman–Crippen MR) is 187 cm³/mol. The molecule has 0 aromatic carbocycles. The zero-order valence-corrected chi connectivity index (χ0v) is 29.9. The van der Waals surface area contributed by atoms with Crippen molar-refractivity contribution in [3.05, 3.63) is 36.5 Å². The van der Waals surface area contributed by atoms with Crippen LogP contribution in [0.3, 0.4) is 0 Å². The minimum atomic E-state index is -4.51. The molecular weight excluding hydrogens is 607 g/mol. The maximum absolute atomic E-state index is 12.5. The first-order chi connectivity index (χ1) is 22.3. The second-order valence-corrected chi connectivity index (χ2v) is 13.3. The molecule has 3 unspecified atom stereocenters. The minimum absolute atomic E-state index is 0.0355. The summed E-state index contributed by atoms with van der Waals surface area (Å²) in [6.07, 6.45) is 32.5. The summed E-state index contributed by atoms with van der Waals surface area (Å²) in [6, 6.07) is 0. The zero-order chi connectivity index (χ0) is 34.0. The number of carbonyl (C=O) groups excluding carboxylic acids is 1. The van der Waals surface area contributed by atoms with Crippen LogP contribution in [-0.2, 0) is 27.9 Å². The third-order valence-corrected chi connectivity index (χ3v) is 8.29. The summed E-state index contributed by atoms with van der Waals surface area (Å²) in [5, 5.41) is 18.2. The van der Waals surface area contributed by atoms with E-state index >= 15 is 0 Å². The fourth-order valence-corrected chi connectivity index (χ4v) is 5.39. The Labute approximate surface area is 280 Å². The number of phosphoric acid groups is 1. The van der Waals surface area contributed by atoms with E-state index in [4.69, 9.17) is 23.6 Å². The first-order valence-corrected chi connectivity index (χ1v) is 19.5. The van der Waals surface area contributed by atoms with Gasteiger partial charge in [0.15, 0.2) is 0 Å². The van der Waals surface area contributed by atoms with Crippen molar-refractivity contribution in [2.45, 2.75) is 154 Å². The number of carbonyl (C=O) groups is 1. The Morgan fingerprint density at radius 3 is 1.87 bits per heavy atom. The van der Waals surface area contributed by atoms with Gasteiger partial charge in [-0.3, -0.25) is 13.8 Å². The molecular formula is C36H67O9P. The molecule has 0 aromatic heterocycles. The molecule has 46 heavy (non-hydrogen) atoms. The van der Waals surface area contributed by atoms with Gasteiger partial charge < -0.3 is 24.6 Å². The molecule has 0 rings (SSSR count). The van der Waals surface area contributed by atoms with Crippen LogP contribution in [0.5, 0.6) is 0 Å². The van der Waals surface area contributed by atoms with Crippen molar-refractivity contribution in [2.75, 3.05) is 33.0 Å². The second kappa shape index (κ2) is 33.6. The van der Waals surface area contributed by atoms with Crippen molar-refractivity contribution in [1.29, 1.82) is 0 Å². The van der Waals surface area contributed by atoms with Gasteiger partial charge in [0, 0.05) is 13.0 Å². The van der Waals surface area contributed by atoms with Gasteiger partial charge in [0.1, 0.15) is 12.2 Å². The lowest BCUT2D eigenvalue weighted by molar-refractivity contribution is -0.154. The Morgan fingerprint density at radius 1 is 0.696 bits per heavy atom. The van der Waals surface area contributed by atoms with Gasteiger partial charge >= 0.3 is 13.8 Å². The molecule has 9 nitrogen and oxygen atoms in total. The second-order valence-electron chi connectivity index (χ2n) is 11.9. The van der Waals surface area contributed by atoms with Crippen LogP contribution in [0.1, 0.15) is 142 Å². The number of unbranched alkanes of at least 4 members (excludes halogenated alkanes) is 14. The van der Waals surface area contributed by atoms with Crippen LogP contribution in [0.25, 0.3) is 0 Å². The van der Waals surface area contributed by atoms with Crippen molar-refractivity contribution >= 4 is 13.8 Å². The van der Waals surface area contributed by atoms with E-state index in [1.165, 1.54) is 51.4 Å². The molecule has 0 aromatic rings. The highest BCUT2D eigenvalue weighted by Gasteiger charge is 2.26. The van der Waals surface area contributed by atoms with Gasteiger partial charge in [0.05, 0.1) is 26.4 Å². The number of aliphatic hydroxyl groups excluding tert-OH is 2. The van der Waals surface area contributed by atoms with Crippen molar-refractivity contribution in [3.8, 4) is 0 Å². The highest BCUT2D eigenvalue weighted by atomic mass is 31.2. The SMILES string of the molecule is CC/C=C\C/C=C\C/C=C\CCCCCCOCC(COP(=O)(O)OCC(O)CO)OC(=O)CCCCCCCCCCCCC. The smallest absolute Gasteiger partial charge is 0.457 e. The molecule has 0 aliphatic heterocycles. The van der Waals surface area contributed by atoms with Gasteiger partial charge in [-0.15, -0.1) is 0 Å². The minimum Gasteiger partial charge on any atom is -0.457 e. The molecule has 0 radical (unpaired) electrons. The quantitative estimate of drug-likeness (QED) is 0.0265. The van der Waals surface area contributed by atoms with E-state index in [-0.39, 0.29) is 19.6 Å². The Balaban J connectivity index is 4.30. The molecule has 0 spiro atoms. The van der Waals surface area contributed by atoms with Crippen molar-refractivity contribution in [3.63, 3.8) is 0 Å². The first kappa shape index (κ1) is 44.7. The van der Waals surface area contributed by atoms with E-state index < -0.39 is 39.2 Å².